The summed E-state index contributed by atoms with van der Waals surface area (Å²) in [4.78, 5) is 20.1. The van der Waals surface area contributed by atoms with Crippen LogP contribution in [0, 0.1) is 27.2 Å². The van der Waals surface area contributed by atoms with E-state index in [0.717, 1.165) is 11.8 Å². The topological polar surface area (TPSA) is 99.4 Å². The van der Waals surface area contributed by atoms with Crippen molar-refractivity contribution >= 4 is 11.8 Å². The highest BCUT2D eigenvalue weighted by Crippen LogP contribution is 2.32. The lowest BCUT2D eigenvalue weighted by Gasteiger charge is -2.00. The lowest BCUT2D eigenvalue weighted by Crippen LogP contribution is -1.92. The van der Waals surface area contributed by atoms with E-state index in [1.54, 1.807) is 19.1 Å². The number of hydrogen-bond acceptors (Lipinski definition) is 5. The van der Waals surface area contributed by atoms with Crippen molar-refractivity contribution in [1.29, 1.82) is 0 Å². The van der Waals surface area contributed by atoms with E-state index in [-0.39, 0.29) is 11.4 Å². The van der Waals surface area contributed by atoms with Gasteiger partial charge in [-0.2, -0.15) is 0 Å². The molecule has 0 fully saturated rings. The molecule has 1 aromatic heterocycles. The molecule has 0 saturated heterocycles. The zero-order valence-corrected chi connectivity index (χ0v) is 10.5. The van der Waals surface area contributed by atoms with Crippen LogP contribution in [0.15, 0.2) is 40.9 Å². The Labute approximate surface area is 113 Å². The van der Waals surface area contributed by atoms with Gasteiger partial charge in [0.15, 0.2) is 0 Å². The number of aryl methyl sites for hydroxylation is 1. The summed E-state index contributed by atoms with van der Waals surface area (Å²) in [6.07, 6.45) is 1.93. The van der Waals surface area contributed by atoms with Crippen LogP contribution in [0.25, 0.3) is 17.4 Å². The molecular formula is C13H10N2O5. The Kier molecular flexibility index (Phi) is 3.60. The first-order valence-electron chi connectivity index (χ1n) is 5.64. The van der Waals surface area contributed by atoms with Crippen LogP contribution in [0.5, 0.6) is 0 Å². The van der Waals surface area contributed by atoms with Crippen LogP contribution >= 0.6 is 0 Å². The summed E-state index contributed by atoms with van der Waals surface area (Å²) in [6.45, 7) is 1.75. The Balaban J connectivity index is 2.42. The number of nitro benzene ring substituents is 1. The number of nitrogens with zero attached hydrogens (tertiary/aromatic N) is 2. The molecule has 102 valence electrons. The molecule has 0 spiro atoms. The summed E-state index contributed by atoms with van der Waals surface area (Å²) in [7, 11) is 0. The SMILES string of the molecule is Cc1ccc(-c2ccc(/C=C\[N+](=O)[O-])o2)c([N+](=O)[O-])c1. The third-order valence-corrected chi connectivity index (χ3v) is 2.60. The Bertz CT molecular complexity index is 703. The summed E-state index contributed by atoms with van der Waals surface area (Å²) in [6, 6.07) is 7.82. The van der Waals surface area contributed by atoms with Crippen molar-refractivity contribution in [3.05, 3.63) is 68.1 Å². The summed E-state index contributed by atoms with van der Waals surface area (Å²) >= 11 is 0. The van der Waals surface area contributed by atoms with Crippen LogP contribution in [0.2, 0.25) is 0 Å². The molecule has 0 amide bonds. The lowest BCUT2D eigenvalue weighted by molar-refractivity contribution is -0.401. The monoisotopic (exact) mass is 274 g/mol. The number of hydrogen-bond donors (Lipinski definition) is 0. The van der Waals surface area contributed by atoms with Gasteiger partial charge < -0.3 is 4.42 Å². The van der Waals surface area contributed by atoms with E-state index in [0.29, 0.717) is 11.3 Å². The maximum absolute atomic E-state index is 11.0. The second kappa shape index (κ2) is 5.35. The van der Waals surface area contributed by atoms with E-state index in [4.69, 9.17) is 4.42 Å². The second-order valence-electron chi connectivity index (χ2n) is 4.08. The highest BCUT2D eigenvalue weighted by Gasteiger charge is 2.17. The van der Waals surface area contributed by atoms with E-state index in [1.807, 2.05) is 0 Å². The van der Waals surface area contributed by atoms with Crippen LogP contribution in [0.4, 0.5) is 5.69 Å². The molecule has 7 nitrogen and oxygen atoms in total. The Hall–Kier alpha value is -2.96. The van der Waals surface area contributed by atoms with Crippen molar-refractivity contribution in [1.82, 2.24) is 0 Å². The molecule has 0 N–H and O–H groups in total. The minimum Gasteiger partial charge on any atom is -0.456 e. The third kappa shape index (κ3) is 2.89. The van der Waals surface area contributed by atoms with Gasteiger partial charge in [-0.15, -0.1) is 0 Å². The first kappa shape index (κ1) is 13.5. The smallest absolute Gasteiger partial charge is 0.280 e. The molecule has 7 heteroatoms. The molecule has 0 saturated carbocycles. The summed E-state index contributed by atoms with van der Waals surface area (Å²) in [5.41, 5.74) is 1.03. The van der Waals surface area contributed by atoms with Crippen molar-refractivity contribution in [2.24, 2.45) is 0 Å². The van der Waals surface area contributed by atoms with E-state index >= 15 is 0 Å². The van der Waals surface area contributed by atoms with Gasteiger partial charge in [-0.1, -0.05) is 6.07 Å². The normalized spacial score (nSPS) is 10.8. The van der Waals surface area contributed by atoms with Gasteiger partial charge in [0.05, 0.1) is 21.5 Å². The minimum absolute atomic E-state index is 0.0656. The van der Waals surface area contributed by atoms with Gasteiger partial charge in [0.25, 0.3) is 5.69 Å². The van der Waals surface area contributed by atoms with E-state index in [1.165, 1.54) is 24.3 Å². The summed E-state index contributed by atoms with van der Waals surface area (Å²) in [5, 5.41) is 21.2. The molecule has 2 aromatic rings. The fourth-order valence-corrected chi connectivity index (χ4v) is 1.72. The quantitative estimate of drug-likeness (QED) is 0.628. The van der Waals surface area contributed by atoms with Gasteiger partial charge >= 0.3 is 0 Å². The van der Waals surface area contributed by atoms with Gasteiger partial charge in [0.1, 0.15) is 11.5 Å². The maximum atomic E-state index is 11.0. The summed E-state index contributed by atoms with van der Waals surface area (Å²) in [5.74, 6) is 0.547. The molecule has 0 atom stereocenters. The molecule has 20 heavy (non-hydrogen) atoms. The average Bonchev–Trinajstić information content (AvgIpc) is 2.84. The van der Waals surface area contributed by atoms with Crippen LogP contribution in [0.1, 0.15) is 11.3 Å². The highest BCUT2D eigenvalue weighted by molar-refractivity contribution is 5.70. The number of furan rings is 1. The van der Waals surface area contributed by atoms with Crippen molar-refractivity contribution < 1.29 is 14.3 Å². The van der Waals surface area contributed by atoms with Crippen LogP contribution in [-0.4, -0.2) is 9.85 Å². The van der Waals surface area contributed by atoms with Crippen molar-refractivity contribution in [3.8, 4) is 11.3 Å². The molecule has 2 rings (SSSR count). The number of nitro groups is 2. The van der Waals surface area contributed by atoms with Crippen molar-refractivity contribution in [3.63, 3.8) is 0 Å². The van der Waals surface area contributed by atoms with E-state index < -0.39 is 9.85 Å². The first-order valence-corrected chi connectivity index (χ1v) is 5.64. The van der Waals surface area contributed by atoms with Crippen molar-refractivity contribution in [2.45, 2.75) is 6.92 Å². The van der Waals surface area contributed by atoms with Gasteiger partial charge in [-0.3, -0.25) is 20.2 Å². The molecule has 0 radical (unpaired) electrons. The fourth-order valence-electron chi connectivity index (χ4n) is 1.72. The van der Waals surface area contributed by atoms with Gasteiger partial charge in [-0.05, 0) is 30.7 Å². The first-order chi connectivity index (χ1) is 9.47. The van der Waals surface area contributed by atoms with Gasteiger partial charge in [0, 0.05) is 6.07 Å². The predicted octanol–water partition coefficient (Wildman–Crippen LogP) is 3.41. The Morgan fingerprint density at radius 2 is 1.90 bits per heavy atom. The fraction of sp³-hybridized carbons (Fsp3) is 0.0769. The molecule has 1 aromatic carbocycles. The highest BCUT2D eigenvalue weighted by atomic mass is 16.6. The molecule has 1 heterocycles. The van der Waals surface area contributed by atoms with E-state index in [2.05, 4.69) is 0 Å². The molecule has 0 unspecified atom stereocenters. The van der Waals surface area contributed by atoms with Crippen LogP contribution < -0.4 is 0 Å². The third-order valence-electron chi connectivity index (χ3n) is 2.60. The minimum atomic E-state index is -0.615. The van der Waals surface area contributed by atoms with Crippen molar-refractivity contribution in [2.75, 3.05) is 0 Å². The zero-order chi connectivity index (χ0) is 14.7. The number of rotatable bonds is 4. The molecule has 0 aliphatic heterocycles. The largest absolute Gasteiger partial charge is 0.456 e. The van der Waals surface area contributed by atoms with E-state index in [9.17, 15) is 20.2 Å². The zero-order valence-electron chi connectivity index (χ0n) is 10.5. The second-order valence-corrected chi connectivity index (χ2v) is 4.08. The molecule has 0 bridgehead atoms. The molecular weight excluding hydrogens is 264 g/mol. The Morgan fingerprint density at radius 1 is 1.15 bits per heavy atom. The maximum Gasteiger partial charge on any atom is 0.280 e. The van der Waals surface area contributed by atoms with Crippen LogP contribution in [-0.2, 0) is 0 Å². The summed E-state index contributed by atoms with van der Waals surface area (Å²) < 4.78 is 5.36. The Morgan fingerprint density at radius 3 is 2.55 bits per heavy atom. The van der Waals surface area contributed by atoms with Gasteiger partial charge in [-0.25, -0.2) is 0 Å². The van der Waals surface area contributed by atoms with Crippen LogP contribution in [0.3, 0.4) is 0 Å². The van der Waals surface area contributed by atoms with Gasteiger partial charge in [0.2, 0.25) is 6.20 Å². The molecule has 0 aliphatic carbocycles. The average molecular weight is 274 g/mol. The lowest BCUT2D eigenvalue weighted by atomic mass is 10.1. The predicted molar refractivity (Wildman–Crippen MR) is 71.6 cm³/mol. The standard InChI is InChI=1S/C13H10N2O5/c1-9-2-4-11(12(8-9)15(18)19)13-5-3-10(20-13)6-7-14(16)17/h2-8H,1H3/b7-6-. The molecule has 0 aliphatic rings. The number of benzene rings is 1.